The number of likely N-dealkylation sites (N-methyl/N-ethyl adjacent to an activating group) is 1. The minimum atomic E-state index is -0.647. The molecule has 0 saturated carbocycles. The third-order valence-electron chi connectivity index (χ3n) is 8.83. The van der Waals surface area contributed by atoms with Crippen LogP contribution in [0.15, 0.2) is 23.8 Å². The molecule has 0 aromatic heterocycles. The smallest absolute Gasteiger partial charge is 0.225 e. The fraction of sp³-hybridized carbons (Fsp3) is 0.810. The largest absolute Gasteiger partial charge is 0.386 e. The number of nitrogens with two attached hydrogens (primary N) is 1. The van der Waals surface area contributed by atoms with E-state index in [0.29, 0.717) is 31.1 Å². The van der Waals surface area contributed by atoms with Gasteiger partial charge in [0.25, 0.3) is 0 Å². The van der Waals surface area contributed by atoms with E-state index < -0.39 is 6.10 Å². The van der Waals surface area contributed by atoms with Crippen LogP contribution in [0.1, 0.15) is 135 Å². The first-order chi connectivity index (χ1) is 25.6. The van der Waals surface area contributed by atoms with Crippen LogP contribution in [0, 0.1) is 17.8 Å². The number of aliphatic hydroxyl groups excluding tert-OH is 1. The molecule has 12 nitrogen and oxygen atoms in total. The van der Waals surface area contributed by atoms with Crippen LogP contribution in [-0.2, 0) is 28.7 Å². The van der Waals surface area contributed by atoms with Crippen LogP contribution in [0.2, 0.25) is 0 Å². The highest BCUT2D eigenvalue weighted by Crippen LogP contribution is 2.29. The summed E-state index contributed by atoms with van der Waals surface area (Å²) in [5.74, 6) is 5.91. The quantitative estimate of drug-likeness (QED) is 0.0514. The third-order valence-corrected chi connectivity index (χ3v) is 8.83. The van der Waals surface area contributed by atoms with E-state index in [1.165, 1.54) is 6.42 Å². The summed E-state index contributed by atoms with van der Waals surface area (Å²) in [6, 6.07) is -0.273. The van der Waals surface area contributed by atoms with Gasteiger partial charge in [-0.1, -0.05) is 100 Å². The zero-order valence-corrected chi connectivity index (χ0v) is 37.7. The number of ether oxygens (including phenoxy) is 2. The van der Waals surface area contributed by atoms with Crippen molar-refractivity contribution in [3.05, 3.63) is 23.8 Å². The molecule has 3 amide bonds. The van der Waals surface area contributed by atoms with Crippen LogP contribution in [0.5, 0.6) is 0 Å². The first-order valence-corrected chi connectivity index (χ1v) is 20.0. The van der Waals surface area contributed by atoms with E-state index in [9.17, 15) is 19.5 Å². The highest BCUT2D eigenvalue weighted by Gasteiger charge is 2.39. The number of hydrogen-bond donors (Lipinski definition) is 4. The molecule has 7 atom stereocenters. The summed E-state index contributed by atoms with van der Waals surface area (Å²) >= 11 is 0. The third kappa shape index (κ3) is 26.2. The summed E-state index contributed by atoms with van der Waals surface area (Å²) in [5.41, 5.74) is 3.06. The van der Waals surface area contributed by atoms with Crippen LogP contribution in [0.4, 0.5) is 0 Å². The summed E-state index contributed by atoms with van der Waals surface area (Å²) in [4.78, 5) is 48.2. The monoisotopic (exact) mass is 774 g/mol. The predicted molar refractivity (Wildman–Crippen MR) is 227 cm³/mol. The molecule has 322 valence electrons. The molecule has 0 bridgehead atoms. The van der Waals surface area contributed by atoms with Gasteiger partial charge in [-0.25, -0.2) is 0 Å². The van der Waals surface area contributed by atoms with Gasteiger partial charge in [0.2, 0.25) is 18.2 Å². The molecule has 1 aliphatic heterocycles. The Morgan fingerprint density at radius 1 is 1.04 bits per heavy atom. The van der Waals surface area contributed by atoms with Crippen LogP contribution < -0.4 is 16.6 Å². The summed E-state index contributed by atoms with van der Waals surface area (Å²) < 4.78 is 11.6. The molecule has 0 radical (unpaired) electrons. The number of hydrogen-bond acceptors (Lipinski definition) is 9. The fourth-order valence-corrected chi connectivity index (χ4v) is 5.99. The second-order valence-electron chi connectivity index (χ2n) is 13.8. The Hall–Kier alpha value is -2.64. The van der Waals surface area contributed by atoms with Gasteiger partial charge >= 0.3 is 0 Å². The van der Waals surface area contributed by atoms with E-state index in [-0.39, 0.29) is 48.1 Å². The molecule has 1 rings (SSSR count). The molecule has 0 aliphatic carbocycles. The fourth-order valence-electron chi connectivity index (χ4n) is 5.99. The number of hydrazine groups is 1. The first kappa shape index (κ1) is 60.6. The summed E-state index contributed by atoms with van der Waals surface area (Å²) in [6.07, 6.45) is 11.0. The highest BCUT2D eigenvalue weighted by atomic mass is 16.5. The van der Waals surface area contributed by atoms with Crippen molar-refractivity contribution < 1.29 is 33.8 Å². The summed E-state index contributed by atoms with van der Waals surface area (Å²) in [7, 11) is 6.92. The van der Waals surface area contributed by atoms with Crippen molar-refractivity contribution in [1.29, 1.82) is 0 Å². The second-order valence-corrected chi connectivity index (χ2v) is 13.8. The number of nitrogens with one attached hydrogen (secondary N) is 2. The number of allylic oxidation sites excluding steroid dienone is 2. The van der Waals surface area contributed by atoms with Gasteiger partial charge in [-0.2, -0.15) is 0 Å². The number of carbonyl (C=O) groups excluding carboxylic acids is 4. The minimum Gasteiger partial charge on any atom is -0.386 e. The van der Waals surface area contributed by atoms with Crippen molar-refractivity contribution in [2.45, 2.75) is 171 Å². The molecule has 0 aromatic rings. The number of rotatable bonds is 18. The maximum Gasteiger partial charge on any atom is 0.225 e. The van der Waals surface area contributed by atoms with E-state index in [4.69, 9.17) is 14.3 Å². The van der Waals surface area contributed by atoms with Crippen molar-refractivity contribution in [2.75, 3.05) is 34.9 Å². The average molecular weight is 774 g/mol. The Balaban J connectivity index is -0.000000287. The second kappa shape index (κ2) is 40.0. The van der Waals surface area contributed by atoms with Crippen molar-refractivity contribution in [2.24, 2.45) is 23.6 Å². The van der Waals surface area contributed by atoms with Gasteiger partial charge in [-0.05, 0) is 70.4 Å². The Bertz CT molecular complexity index is 946. The van der Waals surface area contributed by atoms with Gasteiger partial charge < -0.3 is 34.5 Å². The molecule has 1 saturated heterocycles. The molecule has 5 N–H and O–H groups in total. The standard InChI is InChI=1S/C25H48N2O4.C10H17NO2.C3H8.C2H6.CH6N2.CH2O/c1-10-19(6)24(26(7)22(28)14-13-17(2)3)21(30-8)16-23(29)27-15-11-12-20(27)25(31-9)18(4)5;1-4-6-9(5-2)10(13)8(3)11-7-12;1-3-2;1-2;1-3-2;1-2/h17-21,24-25H,10-16H2,1-9H3;4-8,10,13H,1-3H3,(H,11,12);3H2,1-2H3;1-2H3;3H,2H2,1H3;1H2/b;6-4-,9-5+;;;;. The maximum atomic E-state index is 13.4. The number of amides is 3. The Labute approximate surface area is 332 Å². The molecule has 1 aliphatic rings. The lowest BCUT2D eigenvalue weighted by molar-refractivity contribution is -0.144. The van der Waals surface area contributed by atoms with E-state index in [1.54, 1.807) is 28.2 Å². The van der Waals surface area contributed by atoms with Crippen molar-refractivity contribution >= 4 is 25.0 Å². The number of nitrogens with zero attached hydrogens (tertiary/aromatic N) is 2. The molecule has 12 heteroatoms. The number of carbonyl (C=O) groups is 4. The van der Waals surface area contributed by atoms with Crippen molar-refractivity contribution in [3.8, 4) is 0 Å². The van der Waals surface area contributed by atoms with Crippen molar-refractivity contribution in [1.82, 2.24) is 20.5 Å². The zero-order chi connectivity index (χ0) is 43.4. The van der Waals surface area contributed by atoms with Crippen molar-refractivity contribution in [3.63, 3.8) is 0 Å². The minimum absolute atomic E-state index is 0.0399. The Morgan fingerprint density at radius 3 is 1.93 bits per heavy atom. The summed E-state index contributed by atoms with van der Waals surface area (Å²) in [6.45, 7) is 29.3. The first-order valence-electron chi connectivity index (χ1n) is 20.0. The van der Waals surface area contributed by atoms with E-state index in [2.05, 4.69) is 72.0 Å². The maximum absolute atomic E-state index is 13.4. The number of likely N-dealkylation sites (tertiary alicyclic amines) is 1. The molecule has 0 aromatic carbocycles. The Morgan fingerprint density at radius 2 is 1.56 bits per heavy atom. The van der Waals surface area contributed by atoms with Gasteiger partial charge in [-0.15, -0.1) is 0 Å². The molecule has 1 fully saturated rings. The summed E-state index contributed by atoms with van der Waals surface area (Å²) in [5, 5.41) is 12.2. The lowest BCUT2D eigenvalue weighted by Gasteiger charge is -2.39. The lowest BCUT2D eigenvalue weighted by Crippen LogP contribution is -2.52. The van der Waals surface area contributed by atoms with Gasteiger partial charge in [-0.3, -0.25) is 25.7 Å². The topological polar surface area (TPSA) is 164 Å². The number of aliphatic hydroxyl groups is 1. The molecule has 1 heterocycles. The Kier molecular flexibility index (Phi) is 44.9. The van der Waals surface area contributed by atoms with Crippen LogP contribution in [-0.4, -0.2) is 111 Å². The highest BCUT2D eigenvalue weighted by molar-refractivity contribution is 5.78. The number of methoxy groups -OCH3 is 2. The molecular formula is C42H87N5O7. The predicted octanol–water partition coefficient (Wildman–Crippen LogP) is 6.70. The van der Waals surface area contributed by atoms with Gasteiger partial charge in [0.1, 0.15) is 6.79 Å². The van der Waals surface area contributed by atoms with E-state index >= 15 is 0 Å². The van der Waals surface area contributed by atoms with Gasteiger partial charge in [0.05, 0.1) is 42.9 Å². The van der Waals surface area contributed by atoms with Gasteiger partial charge in [0.15, 0.2) is 0 Å². The van der Waals surface area contributed by atoms with E-state index in [1.807, 2.05) is 69.6 Å². The van der Waals surface area contributed by atoms with Crippen LogP contribution >= 0.6 is 0 Å². The normalized spacial score (nSPS) is 16.9. The molecular weight excluding hydrogens is 686 g/mol. The SMILES string of the molecule is C/C=C\C(=C/C)C(O)C(C)NC=O.C=O.CC.CCC.CCC(C)C(C(CC(=O)N1CCCC1C(OC)C(C)C)OC)N(C)C(=O)CCC(C)C.CNN. The molecule has 54 heavy (non-hydrogen) atoms. The van der Waals surface area contributed by atoms with Crippen LogP contribution in [0.3, 0.4) is 0 Å². The van der Waals surface area contributed by atoms with Gasteiger partial charge in [0, 0.05) is 34.2 Å². The lowest BCUT2D eigenvalue weighted by atomic mass is 9.90. The van der Waals surface area contributed by atoms with Crippen LogP contribution in [0.25, 0.3) is 0 Å². The average Bonchev–Trinajstić information content (AvgIpc) is 3.64. The van der Waals surface area contributed by atoms with E-state index in [0.717, 1.165) is 37.8 Å². The molecule has 0 spiro atoms. The molecule has 7 unspecified atom stereocenters. The zero-order valence-electron chi connectivity index (χ0n) is 37.7.